The summed E-state index contributed by atoms with van der Waals surface area (Å²) < 4.78 is 37.9. The molecule has 0 aliphatic heterocycles. The Balaban J connectivity index is 1.96. The average Bonchev–Trinajstić information content (AvgIpc) is 3.11. The molecule has 5 nitrogen and oxygen atoms in total. The molecule has 8 heteroatoms. The fraction of sp³-hybridized carbons (Fsp3) is 0.273. The van der Waals surface area contributed by atoms with E-state index in [4.69, 9.17) is 4.74 Å². The van der Waals surface area contributed by atoms with Gasteiger partial charge < -0.3 is 14.4 Å². The number of rotatable bonds is 8. The van der Waals surface area contributed by atoms with Crippen LogP contribution < -0.4 is 0 Å². The third-order valence-electron chi connectivity index (χ3n) is 4.64. The first-order valence-corrected chi connectivity index (χ1v) is 10.1. The standard InChI is InChI=1S/C22H21F2NO4S/c1-28-13-16-15-5-3-4-6-19(15)30-21(16)22(27)25(10-9-20(26)29-2)12-14-7-8-17(23)18(24)11-14/h3-8,11H,9-10,12-13H2,1-2H3. The van der Waals surface area contributed by atoms with Gasteiger partial charge in [-0.15, -0.1) is 11.3 Å². The first kappa shape index (κ1) is 21.9. The molecule has 0 fully saturated rings. The zero-order valence-electron chi connectivity index (χ0n) is 16.6. The SMILES string of the molecule is COCc1c(C(=O)N(CCC(=O)OC)Cc2ccc(F)c(F)c2)sc2ccccc12. The fourth-order valence-electron chi connectivity index (χ4n) is 3.14. The second kappa shape index (κ2) is 9.77. The molecule has 0 aliphatic carbocycles. The van der Waals surface area contributed by atoms with Gasteiger partial charge in [-0.05, 0) is 29.1 Å². The van der Waals surface area contributed by atoms with Crippen molar-refractivity contribution in [1.29, 1.82) is 0 Å². The molecule has 0 saturated heterocycles. The van der Waals surface area contributed by atoms with Crippen molar-refractivity contribution >= 4 is 33.3 Å². The Morgan fingerprint density at radius 3 is 2.53 bits per heavy atom. The number of hydrogen-bond acceptors (Lipinski definition) is 5. The van der Waals surface area contributed by atoms with Crippen LogP contribution >= 0.6 is 11.3 Å². The van der Waals surface area contributed by atoms with Crippen LogP contribution in [0, 0.1) is 11.6 Å². The molecule has 1 amide bonds. The van der Waals surface area contributed by atoms with Gasteiger partial charge in [0.15, 0.2) is 11.6 Å². The van der Waals surface area contributed by atoms with Gasteiger partial charge >= 0.3 is 5.97 Å². The quantitative estimate of drug-likeness (QED) is 0.490. The fourth-order valence-corrected chi connectivity index (χ4v) is 4.32. The van der Waals surface area contributed by atoms with E-state index in [0.717, 1.165) is 27.8 Å². The van der Waals surface area contributed by atoms with Crippen molar-refractivity contribution in [2.75, 3.05) is 20.8 Å². The molecule has 0 bridgehead atoms. The number of nitrogens with zero attached hydrogens (tertiary/aromatic N) is 1. The number of esters is 1. The number of carbonyl (C=O) groups is 2. The van der Waals surface area contributed by atoms with Gasteiger partial charge in [0, 0.05) is 30.5 Å². The lowest BCUT2D eigenvalue weighted by molar-refractivity contribution is -0.140. The summed E-state index contributed by atoms with van der Waals surface area (Å²) in [5, 5.41) is 0.924. The Bertz CT molecular complexity index is 1070. The van der Waals surface area contributed by atoms with E-state index in [-0.39, 0.29) is 32.0 Å². The maximum absolute atomic E-state index is 13.7. The summed E-state index contributed by atoms with van der Waals surface area (Å²) in [5.41, 5.74) is 1.18. The highest BCUT2D eigenvalue weighted by atomic mass is 32.1. The van der Waals surface area contributed by atoms with Crippen molar-refractivity contribution in [2.45, 2.75) is 19.6 Å². The molecule has 0 unspecified atom stereocenters. The molecule has 158 valence electrons. The van der Waals surface area contributed by atoms with Gasteiger partial charge in [0.05, 0.1) is 25.0 Å². The van der Waals surface area contributed by atoms with Crippen LogP contribution in [0.5, 0.6) is 0 Å². The van der Waals surface area contributed by atoms with E-state index < -0.39 is 17.6 Å². The molecule has 0 atom stereocenters. The van der Waals surface area contributed by atoms with E-state index in [9.17, 15) is 18.4 Å². The number of ether oxygens (including phenoxy) is 2. The van der Waals surface area contributed by atoms with Crippen molar-refractivity contribution in [3.05, 3.63) is 70.1 Å². The molecule has 0 N–H and O–H groups in total. The highest BCUT2D eigenvalue weighted by Gasteiger charge is 2.24. The minimum atomic E-state index is -0.991. The monoisotopic (exact) mass is 433 g/mol. The highest BCUT2D eigenvalue weighted by molar-refractivity contribution is 7.21. The Morgan fingerprint density at radius 1 is 1.07 bits per heavy atom. The van der Waals surface area contributed by atoms with Gasteiger partial charge in [0.1, 0.15) is 0 Å². The first-order chi connectivity index (χ1) is 14.4. The summed E-state index contributed by atoms with van der Waals surface area (Å²) in [4.78, 5) is 27.0. The summed E-state index contributed by atoms with van der Waals surface area (Å²) in [6.45, 7) is 0.347. The maximum atomic E-state index is 13.7. The minimum Gasteiger partial charge on any atom is -0.469 e. The van der Waals surface area contributed by atoms with Gasteiger partial charge in [0.2, 0.25) is 0 Å². The number of benzene rings is 2. The normalized spacial score (nSPS) is 10.9. The van der Waals surface area contributed by atoms with Crippen LogP contribution in [0.2, 0.25) is 0 Å². The van der Waals surface area contributed by atoms with E-state index in [0.29, 0.717) is 10.4 Å². The molecule has 0 spiro atoms. The second-order valence-electron chi connectivity index (χ2n) is 6.64. The first-order valence-electron chi connectivity index (χ1n) is 9.24. The van der Waals surface area contributed by atoms with Crippen LogP contribution in [0.25, 0.3) is 10.1 Å². The van der Waals surface area contributed by atoms with Gasteiger partial charge in [-0.2, -0.15) is 0 Å². The van der Waals surface area contributed by atoms with Gasteiger partial charge in [0.25, 0.3) is 5.91 Å². The molecular formula is C22H21F2NO4S. The Morgan fingerprint density at radius 2 is 1.83 bits per heavy atom. The van der Waals surface area contributed by atoms with Crippen LogP contribution in [0.15, 0.2) is 42.5 Å². The smallest absolute Gasteiger partial charge is 0.307 e. The van der Waals surface area contributed by atoms with E-state index in [1.165, 1.54) is 29.4 Å². The molecule has 0 aliphatic rings. The Kier molecular flexibility index (Phi) is 7.12. The van der Waals surface area contributed by atoms with Gasteiger partial charge in [-0.1, -0.05) is 24.3 Å². The predicted molar refractivity (Wildman–Crippen MR) is 110 cm³/mol. The number of amides is 1. The number of methoxy groups -OCH3 is 2. The molecule has 0 saturated carbocycles. The Labute approximate surface area is 176 Å². The predicted octanol–water partition coefficient (Wildman–Crippen LogP) is 4.53. The lowest BCUT2D eigenvalue weighted by Gasteiger charge is -2.22. The zero-order chi connectivity index (χ0) is 21.7. The van der Waals surface area contributed by atoms with Crippen molar-refractivity contribution in [3.63, 3.8) is 0 Å². The molecule has 0 radical (unpaired) electrons. The minimum absolute atomic E-state index is 0.0174. The van der Waals surface area contributed by atoms with Crippen molar-refractivity contribution in [2.24, 2.45) is 0 Å². The van der Waals surface area contributed by atoms with Crippen LogP contribution in [-0.4, -0.2) is 37.5 Å². The van der Waals surface area contributed by atoms with E-state index in [1.54, 1.807) is 7.11 Å². The number of halogens is 2. The summed E-state index contributed by atoms with van der Waals surface area (Å²) in [6, 6.07) is 11.1. The summed E-state index contributed by atoms with van der Waals surface area (Å²) in [7, 11) is 2.82. The van der Waals surface area contributed by atoms with E-state index in [2.05, 4.69) is 4.74 Å². The molecule has 3 rings (SSSR count). The third-order valence-corrected chi connectivity index (χ3v) is 5.84. The van der Waals surface area contributed by atoms with Crippen molar-refractivity contribution in [3.8, 4) is 0 Å². The lowest BCUT2D eigenvalue weighted by Crippen LogP contribution is -2.33. The zero-order valence-corrected chi connectivity index (χ0v) is 17.4. The van der Waals surface area contributed by atoms with Crippen molar-refractivity contribution < 1.29 is 27.8 Å². The topological polar surface area (TPSA) is 55.8 Å². The van der Waals surface area contributed by atoms with Crippen molar-refractivity contribution in [1.82, 2.24) is 4.90 Å². The second-order valence-corrected chi connectivity index (χ2v) is 7.69. The van der Waals surface area contributed by atoms with Crippen LogP contribution in [-0.2, 0) is 27.4 Å². The van der Waals surface area contributed by atoms with Gasteiger partial charge in [-0.25, -0.2) is 8.78 Å². The largest absolute Gasteiger partial charge is 0.469 e. The average molecular weight is 433 g/mol. The molecule has 3 aromatic rings. The molecule has 1 aromatic heterocycles. The summed E-state index contributed by atoms with van der Waals surface area (Å²) in [6.07, 6.45) is -0.0174. The number of thiophene rings is 1. The lowest BCUT2D eigenvalue weighted by atomic mass is 10.1. The highest BCUT2D eigenvalue weighted by Crippen LogP contribution is 2.33. The number of carbonyl (C=O) groups excluding carboxylic acids is 2. The maximum Gasteiger partial charge on any atom is 0.307 e. The number of fused-ring (bicyclic) bond motifs is 1. The molecule has 2 aromatic carbocycles. The Hall–Kier alpha value is -2.84. The molecule has 1 heterocycles. The molecular weight excluding hydrogens is 412 g/mol. The van der Waals surface area contributed by atoms with Crippen LogP contribution in [0.1, 0.15) is 27.2 Å². The van der Waals surface area contributed by atoms with Crippen LogP contribution in [0.3, 0.4) is 0 Å². The van der Waals surface area contributed by atoms with E-state index in [1.807, 2.05) is 24.3 Å². The molecule has 30 heavy (non-hydrogen) atoms. The third kappa shape index (κ3) is 4.83. The van der Waals surface area contributed by atoms with E-state index >= 15 is 0 Å². The summed E-state index contributed by atoms with van der Waals surface area (Å²) in [5.74, 6) is -2.73. The van der Waals surface area contributed by atoms with Crippen LogP contribution in [0.4, 0.5) is 8.78 Å². The van der Waals surface area contributed by atoms with Gasteiger partial charge in [-0.3, -0.25) is 9.59 Å². The number of hydrogen-bond donors (Lipinski definition) is 0. The summed E-state index contributed by atoms with van der Waals surface area (Å²) >= 11 is 1.33.